The van der Waals surface area contributed by atoms with E-state index >= 15 is 0 Å². The molecule has 0 spiro atoms. The van der Waals surface area contributed by atoms with Crippen molar-refractivity contribution in [1.29, 1.82) is 0 Å². The van der Waals surface area contributed by atoms with Crippen molar-refractivity contribution in [2.75, 3.05) is 0 Å². The van der Waals surface area contributed by atoms with Gasteiger partial charge in [0.25, 0.3) is 0 Å². The van der Waals surface area contributed by atoms with Gasteiger partial charge in [0.2, 0.25) is 0 Å². The summed E-state index contributed by atoms with van der Waals surface area (Å²) in [6.45, 7) is 0. The van der Waals surface area contributed by atoms with Crippen LogP contribution in [0.25, 0.3) is 16.2 Å². The first-order valence-corrected chi connectivity index (χ1v) is 7.50. The van der Waals surface area contributed by atoms with Gasteiger partial charge in [-0.25, -0.2) is 0 Å². The van der Waals surface area contributed by atoms with Gasteiger partial charge in [0.15, 0.2) is 5.78 Å². The summed E-state index contributed by atoms with van der Waals surface area (Å²) in [6.07, 6.45) is 2.81. The van der Waals surface area contributed by atoms with E-state index in [9.17, 15) is 4.79 Å². The van der Waals surface area contributed by atoms with Crippen molar-refractivity contribution < 1.29 is 4.79 Å². The smallest absolute Gasteiger partial charge is 0.189 e. The molecule has 1 aromatic heterocycles. The lowest BCUT2D eigenvalue weighted by Crippen LogP contribution is -1.94. The normalized spacial score (nSPS) is 16.0. The van der Waals surface area contributed by atoms with Crippen molar-refractivity contribution in [2.24, 2.45) is 0 Å². The van der Waals surface area contributed by atoms with Crippen LogP contribution >= 0.6 is 11.3 Å². The lowest BCUT2D eigenvalue weighted by atomic mass is 10.1. The van der Waals surface area contributed by atoms with E-state index in [2.05, 4.69) is 23.6 Å². The van der Waals surface area contributed by atoms with E-state index in [0.29, 0.717) is 0 Å². The Morgan fingerprint density at radius 2 is 1.80 bits per heavy atom. The average Bonchev–Trinajstić information content (AvgIpc) is 3.03. The van der Waals surface area contributed by atoms with Gasteiger partial charge in [-0.1, -0.05) is 42.5 Å². The molecule has 96 valence electrons. The quantitative estimate of drug-likeness (QED) is 0.587. The molecule has 2 aromatic carbocycles. The molecule has 0 atom stereocenters. The van der Waals surface area contributed by atoms with Gasteiger partial charge >= 0.3 is 0 Å². The Bertz CT molecular complexity index is 854. The van der Waals surface area contributed by atoms with Gasteiger partial charge in [0.1, 0.15) is 0 Å². The fourth-order valence-corrected chi connectivity index (χ4v) is 3.69. The summed E-state index contributed by atoms with van der Waals surface area (Å²) >= 11 is 1.73. The van der Waals surface area contributed by atoms with E-state index in [1.807, 2.05) is 36.4 Å². The first-order valence-electron chi connectivity index (χ1n) is 6.62. The maximum Gasteiger partial charge on any atom is 0.189 e. The molecule has 0 saturated heterocycles. The molecular formula is C18H12OS. The van der Waals surface area contributed by atoms with E-state index in [0.717, 1.165) is 28.7 Å². The van der Waals surface area contributed by atoms with Gasteiger partial charge in [-0.3, -0.25) is 4.79 Å². The third kappa shape index (κ3) is 1.73. The van der Waals surface area contributed by atoms with E-state index in [1.54, 1.807) is 11.3 Å². The molecular weight excluding hydrogens is 264 g/mol. The van der Waals surface area contributed by atoms with E-state index in [1.165, 1.54) is 10.1 Å². The molecule has 3 aromatic rings. The first-order chi connectivity index (χ1) is 9.83. The molecule has 0 radical (unpaired) electrons. The standard InChI is InChI=1S/C18H12OS/c19-18-13(9-12-5-1-2-7-16(12)18)10-14-11-20-17-8-4-3-6-15(14)17/h1-8,10-11H,9H2/b13-10-. The van der Waals surface area contributed by atoms with Crippen LogP contribution in [0.4, 0.5) is 0 Å². The van der Waals surface area contributed by atoms with Crippen LogP contribution in [-0.2, 0) is 6.42 Å². The fraction of sp³-hybridized carbons (Fsp3) is 0.0556. The van der Waals surface area contributed by atoms with Gasteiger partial charge in [-0.05, 0) is 34.0 Å². The molecule has 0 amide bonds. The van der Waals surface area contributed by atoms with Crippen molar-refractivity contribution in [2.45, 2.75) is 6.42 Å². The predicted molar refractivity (Wildman–Crippen MR) is 84.3 cm³/mol. The Kier molecular flexibility index (Phi) is 2.57. The molecule has 0 N–H and O–H groups in total. The number of hydrogen-bond acceptors (Lipinski definition) is 2. The number of hydrogen-bond donors (Lipinski definition) is 0. The van der Waals surface area contributed by atoms with Crippen LogP contribution in [-0.4, -0.2) is 5.78 Å². The fourth-order valence-electron chi connectivity index (χ4n) is 2.77. The monoisotopic (exact) mass is 276 g/mol. The zero-order valence-electron chi connectivity index (χ0n) is 10.8. The minimum atomic E-state index is 0.177. The summed E-state index contributed by atoms with van der Waals surface area (Å²) in [5.41, 5.74) is 4.05. The maximum absolute atomic E-state index is 12.4. The van der Waals surface area contributed by atoms with Crippen molar-refractivity contribution in [1.82, 2.24) is 0 Å². The number of Topliss-reactive ketones (excluding diaryl/α,β-unsaturated/α-hetero) is 1. The van der Waals surface area contributed by atoms with E-state index in [4.69, 9.17) is 0 Å². The SMILES string of the molecule is O=C1/C(=C\c2csc3ccccc23)Cc2ccccc21. The highest BCUT2D eigenvalue weighted by molar-refractivity contribution is 7.17. The average molecular weight is 276 g/mol. The van der Waals surface area contributed by atoms with Crippen LogP contribution in [0.3, 0.4) is 0 Å². The number of carbonyl (C=O) groups is 1. The minimum Gasteiger partial charge on any atom is -0.289 e. The molecule has 1 nitrogen and oxygen atoms in total. The van der Waals surface area contributed by atoms with E-state index < -0.39 is 0 Å². The number of benzene rings is 2. The number of rotatable bonds is 1. The third-order valence-corrected chi connectivity index (χ3v) is 4.76. The minimum absolute atomic E-state index is 0.177. The van der Waals surface area contributed by atoms with E-state index in [-0.39, 0.29) is 5.78 Å². The molecule has 0 bridgehead atoms. The number of allylic oxidation sites excluding steroid dienone is 1. The molecule has 1 aliphatic rings. The Hall–Kier alpha value is -2.19. The second-order valence-electron chi connectivity index (χ2n) is 5.02. The molecule has 0 unspecified atom stereocenters. The highest BCUT2D eigenvalue weighted by Crippen LogP contribution is 2.31. The highest BCUT2D eigenvalue weighted by Gasteiger charge is 2.24. The summed E-state index contributed by atoms with van der Waals surface area (Å²) in [5, 5.41) is 3.36. The van der Waals surface area contributed by atoms with Gasteiger partial charge in [0.05, 0.1) is 0 Å². The Morgan fingerprint density at radius 1 is 1.00 bits per heavy atom. The van der Waals surface area contributed by atoms with Crippen molar-refractivity contribution in [3.63, 3.8) is 0 Å². The summed E-state index contributed by atoms with van der Waals surface area (Å²) in [5.74, 6) is 0.177. The highest BCUT2D eigenvalue weighted by atomic mass is 32.1. The second kappa shape index (κ2) is 4.43. The Balaban J connectivity index is 1.81. The van der Waals surface area contributed by atoms with Gasteiger partial charge in [-0.15, -0.1) is 11.3 Å². The molecule has 0 fully saturated rings. The lowest BCUT2D eigenvalue weighted by molar-refractivity contribution is 0.104. The van der Waals surface area contributed by atoms with Gasteiger partial charge in [0, 0.05) is 22.3 Å². The zero-order valence-corrected chi connectivity index (χ0v) is 11.6. The van der Waals surface area contributed by atoms with Crippen LogP contribution in [0.2, 0.25) is 0 Å². The van der Waals surface area contributed by atoms with Gasteiger partial charge in [-0.2, -0.15) is 0 Å². The molecule has 0 aliphatic heterocycles. The van der Waals surface area contributed by atoms with Crippen LogP contribution in [0.5, 0.6) is 0 Å². The Labute approximate surface area is 121 Å². The first kappa shape index (κ1) is 11.6. The number of ketones is 1. The van der Waals surface area contributed by atoms with Crippen LogP contribution in [0.15, 0.2) is 59.5 Å². The largest absolute Gasteiger partial charge is 0.289 e. The second-order valence-corrected chi connectivity index (χ2v) is 5.93. The molecule has 1 aliphatic carbocycles. The summed E-state index contributed by atoms with van der Waals surface area (Å²) in [6, 6.07) is 16.2. The molecule has 0 saturated carbocycles. The predicted octanol–water partition coefficient (Wildman–Crippen LogP) is 4.72. The summed E-state index contributed by atoms with van der Waals surface area (Å²) < 4.78 is 1.27. The van der Waals surface area contributed by atoms with Crippen molar-refractivity contribution in [3.8, 4) is 0 Å². The molecule has 2 heteroatoms. The molecule has 4 rings (SSSR count). The summed E-state index contributed by atoms with van der Waals surface area (Å²) in [4.78, 5) is 12.4. The van der Waals surface area contributed by atoms with Crippen molar-refractivity contribution >= 4 is 33.3 Å². The Morgan fingerprint density at radius 3 is 2.70 bits per heavy atom. The topological polar surface area (TPSA) is 17.1 Å². The molecule has 20 heavy (non-hydrogen) atoms. The van der Waals surface area contributed by atoms with Crippen LogP contribution in [0.1, 0.15) is 21.5 Å². The van der Waals surface area contributed by atoms with Crippen LogP contribution < -0.4 is 0 Å². The number of fused-ring (bicyclic) bond motifs is 2. The van der Waals surface area contributed by atoms with Crippen LogP contribution in [0, 0.1) is 0 Å². The summed E-state index contributed by atoms with van der Waals surface area (Å²) in [7, 11) is 0. The van der Waals surface area contributed by atoms with Crippen molar-refractivity contribution in [3.05, 3.63) is 76.2 Å². The third-order valence-electron chi connectivity index (χ3n) is 3.78. The van der Waals surface area contributed by atoms with Gasteiger partial charge < -0.3 is 0 Å². The zero-order chi connectivity index (χ0) is 13.5. The maximum atomic E-state index is 12.4. The molecule has 1 heterocycles. The number of carbonyl (C=O) groups excluding carboxylic acids is 1. The number of thiophene rings is 1. The lowest BCUT2D eigenvalue weighted by Gasteiger charge is -1.95.